The van der Waals surface area contributed by atoms with Crippen molar-refractivity contribution in [2.45, 2.75) is 32.8 Å². The first-order valence-corrected chi connectivity index (χ1v) is 4.92. The second-order valence-corrected chi connectivity index (χ2v) is 3.11. The minimum absolute atomic E-state index is 0. The van der Waals surface area contributed by atoms with E-state index < -0.39 is 13.9 Å². The van der Waals surface area contributed by atoms with Crippen molar-refractivity contribution in [1.82, 2.24) is 0 Å². The Kier molecular flexibility index (Phi) is 15.7. The molecular weight excluding hydrogens is 214 g/mol. The molecule has 7 heteroatoms. The Bertz CT molecular complexity index is 239. The molecule has 0 aromatic heterocycles. The summed E-state index contributed by atoms with van der Waals surface area (Å²) in [7, 11) is -2.87. The number of ether oxygens (including phenoxy) is 1. The van der Waals surface area contributed by atoms with E-state index in [2.05, 4.69) is 16.6 Å². The third-order valence-corrected chi connectivity index (χ3v) is 0.863. The van der Waals surface area contributed by atoms with Crippen LogP contribution in [0, 0.1) is 11.8 Å². The van der Waals surface area contributed by atoms with Crippen molar-refractivity contribution in [1.29, 1.82) is 0 Å². The van der Waals surface area contributed by atoms with Crippen molar-refractivity contribution in [3.63, 3.8) is 0 Å². The molecule has 0 atom stereocenters. The summed E-state index contributed by atoms with van der Waals surface area (Å²) in [5, 5.41) is 0. The summed E-state index contributed by atoms with van der Waals surface area (Å²) in [6, 6.07) is 0. The van der Waals surface area contributed by atoms with Gasteiger partial charge in [0.25, 0.3) is 0 Å². The molecule has 0 aromatic rings. The van der Waals surface area contributed by atoms with E-state index in [0.29, 0.717) is 0 Å². The molecule has 0 saturated heterocycles. The minimum Gasteiger partial charge on any atom is -0.641 e. The summed E-state index contributed by atoms with van der Waals surface area (Å²) in [6.07, 6.45) is 0.769. The van der Waals surface area contributed by atoms with Crippen molar-refractivity contribution >= 4 is 14.7 Å². The van der Waals surface area contributed by atoms with Gasteiger partial charge in [-0.1, -0.05) is 25.2 Å². The van der Waals surface area contributed by atoms with Gasteiger partial charge in [0.2, 0.25) is 0 Å². The zero-order valence-corrected chi connectivity index (χ0v) is 10.2. The molecule has 0 amide bonds. The molecule has 0 aliphatic heterocycles. The zero-order chi connectivity index (χ0) is 11.6. The summed E-state index contributed by atoms with van der Waals surface area (Å²) in [6.45, 7) is 6.75. The Morgan fingerprint density at radius 1 is 1.47 bits per heavy atom. The van der Waals surface area contributed by atoms with Gasteiger partial charge in [0.05, 0.1) is 0 Å². The zero-order valence-electron chi connectivity index (χ0n) is 9.27. The minimum atomic E-state index is -2.87. The van der Waals surface area contributed by atoms with Crippen LogP contribution in [0.5, 0.6) is 0 Å². The van der Waals surface area contributed by atoms with Gasteiger partial charge in [-0.25, -0.2) is 0 Å². The molecule has 2 N–H and O–H groups in total. The van der Waals surface area contributed by atoms with E-state index in [4.69, 9.17) is 14.4 Å². The maximum absolute atomic E-state index is 9.77. The molecule has 0 bridgehead atoms. The molecule has 0 saturated carbocycles. The van der Waals surface area contributed by atoms with Crippen LogP contribution >= 0.6 is 8.25 Å². The molecule has 15 heavy (non-hydrogen) atoms. The van der Waals surface area contributed by atoms with Crippen molar-refractivity contribution < 1.29 is 42.7 Å². The monoisotopic (exact) mass is 227 g/mol. The maximum Gasteiger partial charge on any atom is 1.00 e. The molecule has 0 aromatic carbocycles. The Labute approximate surface area is 102 Å². The van der Waals surface area contributed by atoms with Crippen molar-refractivity contribution in [3.05, 3.63) is 0 Å². The first kappa shape index (κ1) is 20.1. The van der Waals surface area contributed by atoms with Crippen LogP contribution in [0.4, 0.5) is 0 Å². The summed E-state index contributed by atoms with van der Waals surface area (Å²) >= 11 is 0. The predicted octanol–water partition coefficient (Wildman–Crippen LogP) is -2.11. The molecule has 0 radical (unpaired) electrons. The molecule has 0 aliphatic rings. The molecule has 0 unspecified atom stereocenters. The SMILES string of the molecule is CCC#CC(C)(C)O[C-]=O.O=[P+](O)O.[Li+]. The largest absolute Gasteiger partial charge is 1.00 e. The predicted molar refractivity (Wildman–Crippen MR) is 51.0 cm³/mol. The van der Waals surface area contributed by atoms with Crippen molar-refractivity contribution in [3.8, 4) is 11.8 Å². The van der Waals surface area contributed by atoms with Crippen LogP contribution < -0.4 is 18.9 Å². The first-order valence-electron chi connectivity index (χ1n) is 3.76. The van der Waals surface area contributed by atoms with E-state index in [9.17, 15) is 4.79 Å². The van der Waals surface area contributed by atoms with Crippen LogP contribution in [-0.4, -0.2) is 21.9 Å². The first-order chi connectivity index (χ1) is 6.35. The van der Waals surface area contributed by atoms with E-state index >= 15 is 0 Å². The van der Waals surface area contributed by atoms with Crippen molar-refractivity contribution in [2.75, 3.05) is 0 Å². The van der Waals surface area contributed by atoms with Gasteiger partial charge in [-0.2, -0.15) is 0 Å². The fourth-order valence-electron chi connectivity index (χ4n) is 0.431. The van der Waals surface area contributed by atoms with Crippen LogP contribution in [0.2, 0.25) is 0 Å². The van der Waals surface area contributed by atoms with E-state index in [1.807, 2.05) is 6.92 Å². The van der Waals surface area contributed by atoms with Crippen LogP contribution in [-0.2, 0) is 14.1 Å². The summed E-state index contributed by atoms with van der Waals surface area (Å²) in [5.41, 5.74) is -0.683. The number of hydrogen-bond donors (Lipinski definition) is 2. The topological polar surface area (TPSA) is 83.8 Å². The molecule has 5 nitrogen and oxygen atoms in total. The van der Waals surface area contributed by atoms with Crippen LogP contribution in [0.1, 0.15) is 27.2 Å². The number of rotatable bonds is 2. The maximum atomic E-state index is 9.77. The average molecular weight is 227 g/mol. The third-order valence-electron chi connectivity index (χ3n) is 0.863. The third kappa shape index (κ3) is 24.8. The van der Waals surface area contributed by atoms with E-state index in [1.54, 1.807) is 13.8 Å². The number of carbonyl (C=O) groups excluding carboxylic acids is 1. The van der Waals surface area contributed by atoms with Crippen molar-refractivity contribution in [2.24, 2.45) is 0 Å². The molecular formula is C8H13LiO5P+. The average Bonchev–Trinajstić information content (AvgIpc) is 2.00. The van der Waals surface area contributed by atoms with E-state index in [1.165, 1.54) is 6.47 Å². The normalized spacial score (nSPS) is 8.07. The van der Waals surface area contributed by atoms with Gasteiger partial charge >= 0.3 is 27.1 Å². The summed E-state index contributed by atoms with van der Waals surface area (Å²) in [5.74, 6) is 5.59. The second-order valence-electron chi connectivity index (χ2n) is 2.60. The van der Waals surface area contributed by atoms with Gasteiger partial charge in [0, 0.05) is 11.0 Å². The van der Waals surface area contributed by atoms with Crippen LogP contribution in [0.25, 0.3) is 0 Å². The van der Waals surface area contributed by atoms with Crippen LogP contribution in [0.3, 0.4) is 0 Å². The van der Waals surface area contributed by atoms with Gasteiger partial charge in [0.15, 0.2) is 0 Å². The molecule has 0 rings (SSSR count). The Morgan fingerprint density at radius 2 is 1.87 bits per heavy atom. The number of hydrogen-bond acceptors (Lipinski definition) is 3. The fourth-order valence-corrected chi connectivity index (χ4v) is 0.431. The molecule has 0 fully saturated rings. The molecule has 0 heterocycles. The molecule has 80 valence electrons. The van der Waals surface area contributed by atoms with E-state index in [0.717, 1.165) is 6.42 Å². The molecule has 0 spiro atoms. The van der Waals surface area contributed by atoms with Gasteiger partial charge in [0.1, 0.15) is 5.60 Å². The van der Waals surface area contributed by atoms with Gasteiger partial charge in [-0.15, -0.1) is 9.79 Å². The fraction of sp³-hybridized carbons (Fsp3) is 0.625. The van der Waals surface area contributed by atoms with Gasteiger partial charge in [-0.3, -0.25) is 0 Å². The van der Waals surface area contributed by atoms with Crippen LogP contribution in [0.15, 0.2) is 0 Å². The Hall–Kier alpha value is -0.353. The summed E-state index contributed by atoms with van der Waals surface area (Å²) < 4.78 is 13.3. The summed E-state index contributed by atoms with van der Waals surface area (Å²) in [4.78, 5) is 24.0. The standard InChI is InChI=1S/C8H11O2.Li.HO3P/c1-4-5-6-8(2,3)10-7-9;;1-4(2)3/h4H2,1-3H3;;(H-,1,2,3)/q-1;+1;/p+1. The quantitative estimate of drug-likeness (QED) is 0.244. The van der Waals surface area contributed by atoms with E-state index in [-0.39, 0.29) is 18.9 Å². The van der Waals surface area contributed by atoms with Gasteiger partial charge in [-0.05, 0) is 13.8 Å². The smallest absolute Gasteiger partial charge is 0.641 e. The Balaban J connectivity index is -0.000000249. The molecule has 0 aliphatic carbocycles. The second kappa shape index (κ2) is 11.7. The Morgan fingerprint density at radius 3 is 2.13 bits per heavy atom. The van der Waals surface area contributed by atoms with Gasteiger partial charge < -0.3 is 9.53 Å².